The lowest BCUT2D eigenvalue weighted by atomic mass is 10.0. The van der Waals surface area contributed by atoms with Gasteiger partial charge in [-0.1, -0.05) is 19.9 Å². The molecule has 3 aromatic heterocycles. The van der Waals surface area contributed by atoms with Crippen molar-refractivity contribution in [3.8, 4) is 11.3 Å². The highest BCUT2D eigenvalue weighted by atomic mass is 19.1. The number of fused-ring (bicyclic) bond motifs is 1. The van der Waals surface area contributed by atoms with Crippen LogP contribution in [-0.2, 0) is 0 Å². The van der Waals surface area contributed by atoms with E-state index in [0.717, 1.165) is 50.9 Å². The fourth-order valence-electron chi connectivity index (χ4n) is 5.57. The van der Waals surface area contributed by atoms with Crippen LogP contribution in [0, 0.1) is 18.6 Å². The summed E-state index contributed by atoms with van der Waals surface area (Å²) in [5, 5.41) is 3.07. The lowest BCUT2D eigenvalue weighted by molar-refractivity contribution is 0.0970. The molecule has 0 aliphatic carbocycles. The summed E-state index contributed by atoms with van der Waals surface area (Å²) in [6.45, 7) is 15.6. The molecule has 1 fully saturated rings. The standard InChI is InChI=1S/C29H36F2N8/c1-6-24(38-12-10-37(7-2)11-13-38)20-8-9-26(32-16-20)35-29-33-17-23(31)27(36-29)21-14-22(30)28-25(15-21)39(18(3)4)19(5)34-28/h8-9,14-18,24H,6-7,10-13H2,1-5H3,(H,32,33,35,36). The predicted octanol–water partition coefficient (Wildman–Crippen LogP) is 5.89. The fraction of sp³-hybridized carbons (Fsp3) is 0.448. The molecule has 0 amide bonds. The van der Waals surface area contributed by atoms with E-state index in [9.17, 15) is 8.78 Å². The molecule has 4 heterocycles. The molecular formula is C29H36F2N8. The molecule has 0 spiro atoms. The Morgan fingerprint density at radius 1 is 0.949 bits per heavy atom. The van der Waals surface area contributed by atoms with Gasteiger partial charge in [-0.05, 0) is 57.5 Å². The number of rotatable bonds is 8. The second kappa shape index (κ2) is 11.3. The minimum absolute atomic E-state index is 0.0105. The molecule has 10 heteroatoms. The van der Waals surface area contributed by atoms with Gasteiger partial charge in [0, 0.05) is 50.0 Å². The van der Waals surface area contributed by atoms with Crippen molar-refractivity contribution in [2.24, 2.45) is 0 Å². The lowest BCUT2D eigenvalue weighted by Crippen LogP contribution is -2.47. The molecule has 0 radical (unpaired) electrons. The van der Waals surface area contributed by atoms with Crippen LogP contribution in [0.1, 0.15) is 57.6 Å². The summed E-state index contributed by atoms with van der Waals surface area (Å²) in [7, 11) is 0. The van der Waals surface area contributed by atoms with Crippen molar-refractivity contribution in [3.63, 3.8) is 0 Å². The number of aryl methyl sites for hydroxylation is 1. The Bertz CT molecular complexity index is 1440. The quantitative estimate of drug-likeness (QED) is 0.302. The minimum atomic E-state index is -0.635. The molecule has 4 aromatic rings. The Hall–Kier alpha value is -3.50. The van der Waals surface area contributed by atoms with Crippen molar-refractivity contribution in [1.82, 2.24) is 34.3 Å². The van der Waals surface area contributed by atoms with Crippen LogP contribution in [0.2, 0.25) is 0 Å². The number of piperazine rings is 1. The number of aromatic nitrogens is 5. The summed E-state index contributed by atoms with van der Waals surface area (Å²) in [5.41, 5.74) is 2.36. The Balaban J connectivity index is 1.38. The molecule has 1 aromatic carbocycles. The molecule has 1 unspecified atom stereocenters. The number of hydrogen-bond acceptors (Lipinski definition) is 7. The molecule has 1 aliphatic rings. The van der Waals surface area contributed by atoms with E-state index in [4.69, 9.17) is 0 Å². The highest BCUT2D eigenvalue weighted by Gasteiger charge is 2.24. The van der Waals surface area contributed by atoms with E-state index in [0.29, 0.717) is 28.8 Å². The van der Waals surface area contributed by atoms with Crippen LogP contribution in [0.4, 0.5) is 20.5 Å². The second-order valence-electron chi connectivity index (χ2n) is 10.3. The SMILES string of the molecule is CCC(c1ccc(Nc2ncc(F)c(-c3cc(F)c4nc(C)n(C(C)C)c4c3)n2)nc1)N1CCN(CC)CC1. The first-order chi connectivity index (χ1) is 18.8. The molecule has 206 valence electrons. The fourth-order valence-corrected chi connectivity index (χ4v) is 5.57. The number of anilines is 2. The summed E-state index contributed by atoms with van der Waals surface area (Å²) in [6.07, 6.45) is 3.97. The van der Waals surface area contributed by atoms with E-state index in [2.05, 4.69) is 55.0 Å². The average Bonchev–Trinajstić information content (AvgIpc) is 3.28. The van der Waals surface area contributed by atoms with E-state index in [-0.39, 0.29) is 23.2 Å². The van der Waals surface area contributed by atoms with Gasteiger partial charge < -0.3 is 14.8 Å². The number of pyridine rings is 1. The molecule has 8 nitrogen and oxygen atoms in total. The minimum Gasteiger partial charge on any atom is -0.326 e. The maximum Gasteiger partial charge on any atom is 0.229 e. The van der Waals surface area contributed by atoms with Gasteiger partial charge in [-0.3, -0.25) is 4.90 Å². The highest BCUT2D eigenvalue weighted by molar-refractivity contribution is 5.83. The van der Waals surface area contributed by atoms with Gasteiger partial charge in [-0.15, -0.1) is 0 Å². The van der Waals surface area contributed by atoms with Gasteiger partial charge in [0.05, 0.1) is 11.7 Å². The predicted molar refractivity (Wildman–Crippen MR) is 150 cm³/mol. The number of halogens is 2. The van der Waals surface area contributed by atoms with Crippen molar-refractivity contribution in [3.05, 3.63) is 59.7 Å². The zero-order valence-corrected chi connectivity index (χ0v) is 23.2. The topological polar surface area (TPSA) is 75.0 Å². The second-order valence-corrected chi connectivity index (χ2v) is 10.3. The van der Waals surface area contributed by atoms with Crippen LogP contribution >= 0.6 is 0 Å². The Morgan fingerprint density at radius 3 is 2.36 bits per heavy atom. The van der Waals surface area contributed by atoms with Crippen LogP contribution in [0.25, 0.3) is 22.3 Å². The first kappa shape index (κ1) is 27.1. The number of nitrogens with zero attached hydrogens (tertiary/aromatic N) is 7. The third kappa shape index (κ3) is 5.49. The molecule has 39 heavy (non-hydrogen) atoms. The van der Waals surface area contributed by atoms with Gasteiger partial charge >= 0.3 is 0 Å². The molecule has 1 N–H and O–H groups in total. The summed E-state index contributed by atoms with van der Waals surface area (Å²) in [5.74, 6) is 0.283. The third-order valence-corrected chi connectivity index (χ3v) is 7.55. The molecule has 1 atom stereocenters. The molecular weight excluding hydrogens is 498 g/mol. The highest BCUT2D eigenvalue weighted by Crippen LogP contribution is 2.31. The van der Waals surface area contributed by atoms with E-state index in [1.165, 1.54) is 6.07 Å². The zero-order chi connectivity index (χ0) is 27.7. The van der Waals surface area contributed by atoms with E-state index < -0.39 is 11.6 Å². The van der Waals surface area contributed by atoms with Gasteiger partial charge in [-0.2, -0.15) is 0 Å². The summed E-state index contributed by atoms with van der Waals surface area (Å²) in [4.78, 5) is 22.4. The number of hydrogen-bond donors (Lipinski definition) is 1. The van der Waals surface area contributed by atoms with Crippen molar-refractivity contribution < 1.29 is 8.78 Å². The van der Waals surface area contributed by atoms with Gasteiger partial charge in [0.2, 0.25) is 5.95 Å². The van der Waals surface area contributed by atoms with Crippen molar-refractivity contribution in [1.29, 1.82) is 0 Å². The smallest absolute Gasteiger partial charge is 0.229 e. The first-order valence-electron chi connectivity index (χ1n) is 13.7. The van der Waals surface area contributed by atoms with Crippen molar-refractivity contribution >= 4 is 22.8 Å². The Morgan fingerprint density at radius 2 is 1.72 bits per heavy atom. The average molecular weight is 535 g/mol. The molecule has 0 saturated carbocycles. The normalized spacial score (nSPS) is 15.8. The number of likely N-dealkylation sites (N-methyl/N-ethyl adjacent to an activating group) is 1. The first-order valence-corrected chi connectivity index (χ1v) is 13.7. The van der Waals surface area contributed by atoms with Crippen LogP contribution in [0.3, 0.4) is 0 Å². The summed E-state index contributed by atoms with van der Waals surface area (Å²) in [6, 6.07) is 7.34. The van der Waals surface area contributed by atoms with Gasteiger partial charge in [0.25, 0.3) is 0 Å². The molecule has 5 rings (SSSR count). The Kier molecular flexibility index (Phi) is 7.86. The monoisotopic (exact) mass is 534 g/mol. The number of nitrogens with one attached hydrogen (secondary N) is 1. The van der Waals surface area contributed by atoms with Crippen LogP contribution in [-0.4, -0.2) is 67.0 Å². The van der Waals surface area contributed by atoms with Crippen LogP contribution in [0.5, 0.6) is 0 Å². The maximum atomic E-state index is 15.0. The van der Waals surface area contributed by atoms with Gasteiger partial charge in [-0.25, -0.2) is 28.7 Å². The largest absolute Gasteiger partial charge is 0.326 e. The summed E-state index contributed by atoms with van der Waals surface area (Å²) < 4.78 is 31.8. The van der Waals surface area contributed by atoms with Crippen LogP contribution < -0.4 is 5.32 Å². The molecule has 1 aliphatic heterocycles. The molecule has 0 bridgehead atoms. The van der Waals surface area contributed by atoms with Crippen LogP contribution in [0.15, 0.2) is 36.7 Å². The number of benzene rings is 1. The van der Waals surface area contributed by atoms with E-state index in [1.807, 2.05) is 37.6 Å². The zero-order valence-electron chi connectivity index (χ0n) is 23.2. The lowest BCUT2D eigenvalue weighted by Gasteiger charge is -2.38. The van der Waals surface area contributed by atoms with Gasteiger partial charge in [0.15, 0.2) is 11.6 Å². The maximum absolute atomic E-state index is 15.0. The van der Waals surface area contributed by atoms with Crippen molar-refractivity contribution in [2.75, 3.05) is 38.0 Å². The van der Waals surface area contributed by atoms with E-state index >= 15 is 0 Å². The van der Waals surface area contributed by atoms with E-state index in [1.54, 1.807) is 6.07 Å². The van der Waals surface area contributed by atoms with Gasteiger partial charge in [0.1, 0.15) is 22.9 Å². The third-order valence-electron chi connectivity index (χ3n) is 7.55. The number of imidazole rings is 1. The summed E-state index contributed by atoms with van der Waals surface area (Å²) >= 11 is 0. The van der Waals surface area contributed by atoms with Crippen molar-refractivity contribution in [2.45, 2.75) is 53.1 Å². The molecule has 1 saturated heterocycles. The Labute approximate surface area is 228 Å².